The van der Waals surface area contributed by atoms with E-state index in [0.29, 0.717) is 16.9 Å². The Balaban J connectivity index is 1.60. The van der Waals surface area contributed by atoms with Crippen LogP contribution in [0.5, 0.6) is 5.75 Å². The SMILES string of the molecule is CCOC(=O)Oc1ccc(C(=O)Nc2ccc(NC(=O)c3c(F)cccc3Cl)cc2)cc1. The first-order chi connectivity index (χ1) is 15.4. The van der Waals surface area contributed by atoms with Gasteiger partial charge in [-0.1, -0.05) is 17.7 Å². The van der Waals surface area contributed by atoms with Crippen LogP contribution in [0.3, 0.4) is 0 Å². The van der Waals surface area contributed by atoms with Crippen LogP contribution < -0.4 is 15.4 Å². The zero-order chi connectivity index (χ0) is 23.1. The lowest BCUT2D eigenvalue weighted by atomic mass is 10.2. The Morgan fingerprint density at radius 1 is 0.875 bits per heavy atom. The first-order valence-corrected chi connectivity index (χ1v) is 9.86. The Bertz CT molecular complexity index is 1110. The highest BCUT2D eigenvalue weighted by Crippen LogP contribution is 2.22. The molecule has 7 nitrogen and oxygen atoms in total. The Morgan fingerprint density at radius 2 is 1.47 bits per heavy atom. The van der Waals surface area contributed by atoms with Gasteiger partial charge in [-0.15, -0.1) is 0 Å². The number of amides is 2. The lowest BCUT2D eigenvalue weighted by Gasteiger charge is -2.10. The van der Waals surface area contributed by atoms with Gasteiger partial charge in [0.25, 0.3) is 11.8 Å². The van der Waals surface area contributed by atoms with Gasteiger partial charge in [0.15, 0.2) is 0 Å². The number of hydrogen-bond acceptors (Lipinski definition) is 5. The topological polar surface area (TPSA) is 93.7 Å². The average Bonchev–Trinajstić information content (AvgIpc) is 2.75. The van der Waals surface area contributed by atoms with E-state index < -0.39 is 17.9 Å². The second-order valence-corrected chi connectivity index (χ2v) is 6.80. The van der Waals surface area contributed by atoms with Gasteiger partial charge in [-0.2, -0.15) is 0 Å². The van der Waals surface area contributed by atoms with Gasteiger partial charge >= 0.3 is 6.16 Å². The van der Waals surface area contributed by atoms with Gasteiger partial charge < -0.3 is 20.1 Å². The molecule has 0 fully saturated rings. The highest BCUT2D eigenvalue weighted by molar-refractivity contribution is 6.34. The number of hydrogen-bond donors (Lipinski definition) is 2. The summed E-state index contributed by atoms with van der Waals surface area (Å²) in [6.45, 7) is 1.85. The van der Waals surface area contributed by atoms with Gasteiger partial charge in [0.1, 0.15) is 11.6 Å². The fourth-order valence-corrected chi connectivity index (χ4v) is 2.92. The number of carbonyl (C=O) groups excluding carboxylic acids is 3. The molecule has 164 valence electrons. The quantitative estimate of drug-likeness (QED) is 0.376. The molecule has 0 saturated heterocycles. The van der Waals surface area contributed by atoms with Crippen molar-refractivity contribution in [1.82, 2.24) is 0 Å². The molecule has 0 saturated carbocycles. The summed E-state index contributed by atoms with van der Waals surface area (Å²) in [6, 6.07) is 16.2. The number of nitrogens with one attached hydrogen (secondary N) is 2. The van der Waals surface area contributed by atoms with Crippen molar-refractivity contribution in [2.75, 3.05) is 17.2 Å². The second kappa shape index (κ2) is 10.4. The molecule has 32 heavy (non-hydrogen) atoms. The van der Waals surface area contributed by atoms with Gasteiger partial charge in [0, 0.05) is 16.9 Å². The van der Waals surface area contributed by atoms with Gasteiger partial charge in [0.05, 0.1) is 17.2 Å². The van der Waals surface area contributed by atoms with Crippen LogP contribution in [0, 0.1) is 5.82 Å². The molecule has 3 aromatic carbocycles. The number of carbonyl (C=O) groups is 3. The molecule has 0 aromatic heterocycles. The first kappa shape index (κ1) is 22.8. The maximum Gasteiger partial charge on any atom is 0.513 e. The number of benzene rings is 3. The van der Waals surface area contributed by atoms with Crippen molar-refractivity contribution in [3.63, 3.8) is 0 Å². The maximum absolute atomic E-state index is 13.9. The fraction of sp³-hybridized carbons (Fsp3) is 0.0870. The number of halogens is 2. The van der Waals surface area contributed by atoms with Gasteiger partial charge in [-0.05, 0) is 67.6 Å². The zero-order valence-electron chi connectivity index (χ0n) is 16.9. The molecule has 9 heteroatoms. The molecule has 0 bridgehead atoms. The Hall–Kier alpha value is -3.91. The zero-order valence-corrected chi connectivity index (χ0v) is 17.6. The first-order valence-electron chi connectivity index (χ1n) is 9.49. The largest absolute Gasteiger partial charge is 0.513 e. The van der Waals surface area contributed by atoms with Crippen molar-refractivity contribution in [1.29, 1.82) is 0 Å². The summed E-state index contributed by atoms with van der Waals surface area (Å²) in [6.07, 6.45) is -0.825. The summed E-state index contributed by atoms with van der Waals surface area (Å²) in [4.78, 5) is 36.0. The van der Waals surface area contributed by atoms with E-state index in [1.54, 1.807) is 31.2 Å². The third-order valence-corrected chi connectivity index (χ3v) is 4.49. The molecule has 0 radical (unpaired) electrons. The van der Waals surface area contributed by atoms with Crippen molar-refractivity contribution in [2.45, 2.75) is 6.92 Å². The Kier molecular flexibility index (Phi) is 7.41. The van der Waals surface area contributed by atoms with E-state index >= 15 is 0 Å². The molecule has 2 N–H and O–H groups in total. The molecule has 0 heterocycles. The Labute approximate surface area is 188 Å². The molecular formula is C23H18ClFN2O5. The summed E-state index contributed by atoms with van der Waals surface area (Å²) in [7, 11) is 0. The molecule has 2 amide bonds. The van der Waals surface area contributed by atoms with E-state index in [-0.39, 0.29) is 28.8 Å². The molecule has 0 unspecified atom stereocenters. The van der Waals surface area contributed by atoms with E-state index in [4.69, 9.17) is 16.3 Å². The highest BCUT2D eigenvalue weighted by Gasteiger charge is 2.16. The number of rotatable bonds is 6. The number of anilines is 2. The van der Waals surface area contributed by atoms with Crippen LogP contribution in [0.2, 0.25) is 5.02 Å². The van der Waals surface area contributed by atoms with Gasteiger partial charge in [-0.25, -0.2) is 9.18 Å². The molecule has 0 aliphatic heterocycles. The standard InChI is InChI=1S/C23H18ClFN2O5/c1-2-31-23(30)32-17-12-6-14(7-13-17)21(28)26-15-8-10-16(11-9-15)27-22(29)20-18(24)4-3-5-19(20)25/h3-13H,2H2,1H3,(H,26,28)(H,27,29). The molecular weight excluding hydrogens is 439 g/mol. The van der Waals surface area contributed by atoms with E-state index in [1.165, 1.54) is 36.4 Å². The minimum absolute atomic E-state index is 0.00468. The lowest BCUT2D eigenvalue weighted by Crippen LogP contribution is -2.15. The lowest BCUT2D eigenvalue weighted by molar-refractivity contribution is 0.101. The monoisotopic (exact) mass is 456 g/mol. The summed E-state index contributed by atoms with van der Waals surface area (Å²) < 4.78 is 23.5. The predicted molar refractivity (Wildman–Crippen MR) is 118 cm³/mol. The van der Waals surface area contributed by atoms with Crippen molar-refractivity contribution in [3.05, 3.63) is 88.7 Å². The minimum atomic E-state index is -0.825. The van der Waals surface area contributed by atoms with E-state index in [2.05, 4.69) is 15.4 Å². The van der Waals surface area contributed by atoms with Crippen LogP contribution in [0.1, 0.15) is 27.6 Å². The summed E-state index contributed by atoms with van der Waals surface area (Å²) >= 11 is 5.90. The third-order valence-electron chi connectivity index (χ3n) is 4.17. The van der Waals surface area contributed by atoms with Crippen molar-refractivity contribution < 1.29 is 28.2 Å². The van der Waals surface area contributed by atoms with Crippen molar-refractivity contribution in [3.8, 4) is 5.75 Å². The minimum Gasteiger partial charge on any atom is -0.434 e. The van der Waals surface area contributed by atoms with Crippen molar-refractivity contribution in [2.24, 2.45) is 0 Å². The smallest absolute Gasteiger partial charge is 0.434 e. The van der Waals surface area contributed by atoms with Crippen LogP contribution in [-0.2, 0) is 4.74 Å². The van der Waals surface area contributed by atoms with E-state index in [0.717, 1.165) is 6.07 Å². The average molecular weight is 457 g/mol. The maximum atomic E-state index is 13.9. The van der Waals surface area contributed by atoms with E-state index in [9.17, 15) is 18.8 Å². The van der Waals surface area contributed by atoms with Crippen LogP contribution >= 0.6 is 11.6 Å². The Morgan fingerprint density at radius 3 is 2.03 bits per heavy atom. The second-order valence-electron chi connectivity index (χ2n) is 6.39. The molecule has 3 aromatic rings. The van der Waals surface area contributed by atoms with Gasteiger partial charge in [0.2, 0.25) is 0 Å². The molecule has 3 rings (SSSR count). The van der Waals surface area contributed by atoms with Crippen LogP contribution in [0.15, 0.2) is 66.7 Å². The van der Waals surface area contributed by atoms with Gasteiger partial charge in [-0.3, -0.25) is 9.59 Å². The third kappa shape index (κ3) is 5.83. The molecule has 0 aliphatic carbocycles. The summed E-state index contributed by atoms with van der Waals surface area (Å²) in [5, 5.41) is 5.26. The molecule has 0 aliphatic rings. The predicted octanol–water partition coefficient (Wildman–Crippen LogP) is 5.52. The number of ether oxygens (including phenoxy) is 2. The highest BCUT2D eigenvalue weighted by atomic mass is 35.5. The summed E-state index contributed by atoms with van der Waals surface area (Å²) in [5.41, 5.74) is 0.964. The van der Waals surface area contributed by atoms with Crippen molar-refractivity contribution >= 4 is 40.9 Å². The van der Waals surface area contributed by atoms with Crippen LogP contribution in [0.4, 0.5) is 20.6 Å². The van der Waals surface area contributed by atoms with Crippen LogP contribution in [0.25, 0.3) is 0 Å². The molecule has 0 atom stereocenters. The fourth-order valence-electron chi connectivity index (χ4n) is 2.67. The normalized spacial score (nSPS) is 10.2. The van der Waals surface area contributed by atoms with E-state index in [1.807, 2.05) is 0 Å². The van der Waals surface area contributed by atoms with Crippen LogP contribution in [-0.4, -0.2) is 24.6 Å². The summed E-state index contributed by atoms with van der Waals surface area (Å²) in [5.74, 6) is -1.55. The molecule has 0 spiro atoms.